The van der Waals surface area contributed by atoms with Gasteiger partial charge >= 0.3 is 12.1 Å². The molecule has 0 saturated carbocycles. The van der Waals surface area contributed by atoms with Crippen LogP contribution in [0.15, 0.2) is 105 Å². The summed E-state index contributed by atoms with van der Waals surface area (Å²) in [6.07, 6.45) is 2.86. The number of H-pyrrole nitrogens is 2. The first-order valence-electron chi connectivity index (χ1n) is 13.1. The lowest BCUT2D eigenvalue weighted by Gasteiger charge is -2.19. The third-order valence-electron chi connectivity index (χ3n) is 6.79. The van der Waals surface area contributed by atoms with E-state index in [0.717, 1.165) is 0 Å². The zero-order chi connectivity index (χ0) is 29.6. The Kier molecular flexibility index (Phi) is 8.05. The van der Waals surface area contributed by atoms with Crippen LogP contribution >= 0.6 is 0 Å². The summed E-state index contributed by atoms with van der Waals surface area (Å²) in [6, 6.07) is 19.8. The highest BCUT2D eigenvalue weighted by atomic mass is 16.2. The third kappa shape index (κ3) is 5.59. The van der Waals surface area contributed by atoms with E-state index in [0.29, 0.717) is 22.1 Å². The molecule has 0 aliphatic rings. The van der Waals surface area contributed by atoms with Gasteiger partial charge in [-0.05, 0) is 36.4 Å². The molecule has 1 aromatic heterocycles. The molecule has 5 aromatic rings. The highest BCUT2D eigenvalue weighted by molar-refractivity contribution is 5.96. The van der Waals surface area contributed by atoms with Crippen molar-refractivity contribution in [3.05, 3.63) is 116 Å². The topological polar surface area (TPSA) is 183 Å². The van der Waals surface area contributed by atoms with Gasteiger partial charge in [-0.2, -0.15) is 0 Å². The van der Waals surface area contributed by atoms with E-state index in [2.05, 4.69) is 20.2 Å². The van der Waals surface area contributed by atoms with Crippen LogP contribution < -0.4 is 42.8 Å². The van der Waals surface area contributed by atoms with Crippen molar-refractivity contribution in [3.8, 4) is 0 Å². The second-order valence-electron chi connectivity index (χ2n) is 9.33. The van der Waals surface area contributed by atoms with E-state index in [1.165, 1.54) is 22.2 Å². The number of nitrogens with two attached hydrogens (primary N) is 2. The highest BCUT2D eigenvalue weighted by Crippen LogP contribution is 2.13. The molecule has 4 amide bonds. The predicted octanol–water partition coefficient (Wildman–Crippen LogP) is 1.78. The maximum absolute atomic E-state index is 13.7. The van der Waals surface area contributed by atoms with Crippen LogP contribution in [0.25, 0.3) is 21.5 Å². The Morgan fingerprint density at radius 2 is 1.00 bits per heavy atom. The number of carbonyl (C=O) groups is 2. The van der Waals surface area contributed by atoms with E-state index >= 15 is 0 Å². The molecule has 12 heteroatoms. The van der Waals surface area contributed by atoms with Crippen molar-refractivity contribution < 1.29 is 9.59 Å². The standard InChI is InChI=1S/C30H28N8O4/c31-29(41)37(19-7-3-1-4-8-19)15-13-33-23-11-12-24(34-14-16-38(30(32)42)20-9-5-2-6-10-20)26-25(23)27(39)21-17-35-36-18-22(21)28(26)40/h1-12,17-18,35-36H,13-16H2,(H2,31,41)(H2,32,42). The first-order valence-corrected chi connectivity index (χ1v) is 13.1. The molecule has 0 aliphatic carbocycles. The number of primary amides is 2. The number of hydrogen-bond donors (Lipinski definition) is 4. The van der Waals surface area contributed by atoms with Crippen molar-refractivity contribution in [3.63, 3.8) is 0 Å². The quantitative estimate of drug-likeness (QED) is 0.210. The molecule has 0 radical (unpaired) electrons. The number of nitrogens with one attached hydrogen (secondary N) is 2. The lowest BCUT2D eigenvalue weighted by atomic mass is 10.0. The number of nitrogens with zero attached hydrogens (tertiary/aromatic N) is 4. The molecule has 0 spiro atoms. The summed E-state index contributed by atoms with van der Waals surface area (Å²) in [4.78, 5) is 63.4. The SMILES string of the molecule is NC(=O)N(CCN=c1ccc(=NCCN(C(N)=O)c2ccccc2)c2c(=O)c3c[nH][nH]cc3c(=O)c12)c1ccccc1. The summed E-state index contributed by atoms with van der Waals surface area (Å²) in [5.74, 6) is 0. The van der Waals surface area contributed by atoms with E-state index in [1.54, 1.807) is 60.7 Å². The second-order valence-corrected chi connectivity index (χ2v) is 9.33. The first-order chi connectivity index (χ1) is 20.4. The van der Waals surface area contributed by atoms with E-state index < -0.39 is 22.9 Å². The Bertz CT molecular complexity index is 1860. The van der Waals surface area contributed by atoms with Crippen LogP contribution in [0, 0.1) is 0 Å². The van der Waals surface area contributed by atoms with Gasteiger partial charge in [-0.15, -0.1) is 0 Å². The summed E-state index contributed by atoms with van der Waals surface area (Å²) in [7, 11) is 0. The van der Waals surface area contributed by atoms with Gasteiger partial charge in [-0.25, -0.2) is 9.59 Å². The molecule has 0 fully saturated rings. The number of rotatable bonds is 8. The summed E-state index contributed by atoms with van der Waals surface area (Å²) < 4.78 is 0. The average molecular weight is 565 g/mol. The molecule has 212 valence electrons. The molecule has 6 N–H and O–H groups in total. The molecule has 4 aromatic carbocycles. The average Bonchev–Trinajstić information content (AvgIpc) is 3.01. The molecule has 0 bridgehead atoms. The zero-order valence-electron chi connectivity index (χ0n) is 22.5. The molecular formula is C30H28N8O4. The Labute approximate surface area is 238 Å². The highest BCUT2D eigenvalue weighted by Gasteiger charge is 2.16. The number of urea groups is 2. The van der Waals surface area contributed by atoms with E-state index in [4.69, 9.17) is 11.5 Å². The van der Waals surface area contributed by atoms with Gasteiger partial charge in [0.25, 0.3) is 0 Å². The van der Waals surface area contributed by atoms with E-state index in [-0.39, 0.29) is 47.7 Å². The molecular weight excluding hydrogens is 536 g/mol. The van der Waals surface area contributed by atoms with Gasteiger partial charge in [0.1, 0.15) is 0 Å². The monoisotopic (exact) mass is 564 g/mol. The maximum atomic E-state index is 13.7. The summed E-state index contributed by atoms with van der Waals surface area (Å²) >= 11 is 0. The molecule has 12 nitrogen and oxygen atoms in total. The minimum atomic E-state index is -0.639. The van der Waals surface area contributed by atoms with Crippen LogP contribution in [0.3, 0.4) is 0 Å². The maximum Gasteiger partial charge on any atom is 0.319 e. The van der Waals surface area contributed by atoms with Crippen molar-refractivity contribution in [2.24, 2.45) is 21.5 Å². The van der Waals surface area contributed by atoms with Crippen molar-refractivity contribution in [2.45, 2.75) is 0 Å². The van der Waals surface area contributed by atoms with Crippen molar-refractivity contribution in [1.82, 2.24) is 10.2 Å². The smallest absolute Gasteiger partial charge is 0.319 e. The fraction of sp³-hybridized carbons (Fsp3) is 0.133. The molecule has 0 unspecified atom stereocenters. The minimum absolute atomic E-state index is 0.119. The zero-order valence-corrected chi connectivity index (χ0v) is 22.5. The Hall–Kier alpha value is -5.78. The van der Waals surface area contributed by atoms with Gasteiger partial charge in [-0.3, -0.25) is 29.4 Å². The molecule has 5 rings (SSSR count). The van der Waals surface area contributed by atoms with Gasteiger partial charge in [0.2, 0.25) is 0 Å². The van der Waals surface area contributed by atoms with Crippen LogP contribution in [0.5, 0.6) is 0 Å². The van der Waals surface area contributed by atoms with Crippen molar-refractivity contribution in [1.29, 1.82) is 0 Å². The number of para-hydroxylation sites is 2. The van der Waals surface area contributed by atoms with Gasteiger partial charge in [-0.1, -0.05) is 36.4 Å². The minimum Gasteiger partial charge on any atom is -0.351 e. The predicted molar refractivity (Wildman–Crippen MR) is 161 cm³/mol. The number of carbonyl (C=O) groups excluding carboxylic acids is 2. The van der Waals surface area contributed by atoms with E-state index in [9.17, 15) is 19.2 Å². The molecule has 0 saturated heterocycles. The van der Waals surface area contributed by atoms with Gasteiger partial charge < -0.3 is 21.7 Å². The largest absolute Gasteiger partial charge is 0.351 e. The summed E-state index contributed by atoms with van der Waals surface area (Å²) in [5.41, 5.74) is 11.6. The van der Waals surface area contributed by atoms with Gasteiger partial charge in [0.15, 0.2) is 10.9 Å². The lowest BCUT2D eigenvalue weighted by molar-refractivity contribution is 0.253. The number of aromatic nitrogens is 2. The van der Waals surface area contributed by atoms with Crippen LogP contribution in [0.2, 0.25) is 0 Å². The molecule has 1 heterocycles. The fourth-order valence-electron chi connectivity index (χ4n) is 4.82. The summed E-state index contributed by atoms with van der Waals surface area (Å²) in [5, 5.41) is 6.70. The van der Waals surface area contributed by atoms with Crippen molar-refractivity contribution >= 4 is 45.0 Å². The van der Waals surface area contributed by atoms with Crippen LogP contribution in [-0.2, 0) is 0 Å². The van der Waals surface area contributed by atoms with Gasteiger partial charge in [0, 0.05) is 36.9 Å². The molecule has 0 atom stereocenters. The van der Waals surface area contributed by atoms with E-state index in [1.807, 2.05) is 12.1 Å². The number of anilines is 2. The Balaban J connectivity index is 1.58. The molecule has 42 heavy (non-hydrogen) atoms. The van der Waals surface area contributed by atoms with Gasteiger partial charge in [0.05, 0.1) is 45.3 Å². The third-order valence-corrected chi connectivity index (χ3v) is 6.79. The first kappa shape index (κ1) is 27.8. The number of amides is 4. The Morgan fingerprint density at radius 1 is 0.619 bits per heavy atom. The number of hydrogen-bond acceptors (Lipinski definition) is 6. The normalized spacial score (nSPS) is 12.1. The van der Waals surface area contributed by atoms with Crippen LogP contribution in [0.1, 0.15) is 0 Å². The van der Waals surface area contributed by atoms with Crippen molar-refractivity contribution in [2.75, 3.05) is 36.0 Å². The molecule has 0 aliphatic heterocycles. The van der Waals surface area contributed by atoms with Crippen LogP contribution in [-0.4, -0.2) is 48.4 Å². The number of aromatic amines is 2. The Morgan fingerprint density at radius 3 is 1.36 bits per heavy atom. The number of benzene rings is 4. The fourth-order valence-corrected chi connectivity index (χ4v) is 4.82. The number of fused-ring (bicyclic) bond motifs is 2. The second kappa shape index (κ2) is 12.2. The lowest BCUT2D eigenvalue weighted by Crippen LogP contribution is -2.38. The summed E-state index contributed by atoms with van der Waals surface area (Å²) in [6.45, 7) is 0.553. The van der Waals surface area contributed by atoms with Crippen LogP contribution in [0.4, 0.5) is 21.0 Å².